The van der Waals surface area contributed by atoms with Gasteiger partial charge in [-0.05, 0) is 15.9 Å². The largest absolute Gasteiger partial charge is 0.382 e. The maximum Gasteiger partial charge on any atom is 0.150 e. The second-order valence-electron chi connectivity index (χ2n) is 3.45. The van der Waals surface area contributed by atoms with Crippen LogP contribution in [-0.4, -0.2) is 14.4 Å². The molecule has 74 valence electrons. The average molecular weight is 255 g/mol. The van der Waals surface area contributed by atoms with Crippen molar-refractivity contribution in [2.75, 3.05) is 5.73 Å². The van der Waals surface area contributed by atoms with Crippen molar-refractivity contribution in [3.05, 3.63) is 22.8 Å². The summed E-state index contributed by atoms with van der Waals surface area (Å²) in [6.45, 7) is 4.19. The molecule has 2 rings (SSSR count). The van der Waals surface area contributed by atoms with Crippen molar-refractivity contribution in [1.29, 1.82) is 0 Å². The fourth-order valence-electron chi connectivity index (χ4n) is 1.45. The highest BCUT2D eigenvalue weighted by atomic mass is 79.9. The molecule has 2 aromatic heterocycles. The second kappa shape index (κ2) is 3.24. The molecule has 2 heterocycles. The first kappa shape index (κ1) is 9.45. The zero-order valence-corrected chi connectivity index (χ0v) is 9.62. The lowest BCUT2D eigenvalue weighted by Gasteiger charge is -2.03. The van der Waals surface area contributed by atoms with Gasteiger partial charge in [-0.15, -0.1) is 0 Å². The molecule has 0 fully saturated rings. The minimum absolute atomic E-state index is 0.357. The summed E-state index contributed by atoms with van der Waals surface area (Å²) >= 11 is 3.38. The first-order valence-electron chi connectivity index (χ1n) is 4.39. The monoisotopic (exact) mass is 254 g/mol. The van der Waals surface area contributed by atoms with Gasteiger partial charge in [-0.2, -0.15) is 0 Å². The Morgan fingerprint density at radius 1 is 1.50 bits per heavy atom. The highest BCUT2D eigenvalue weighted by Gasteiger charge is 2.13. The topological polar surface area (TPSA) is 56.2 Å². The smallest absolute Gasteiger partial charge is 0.150 e. The van der Waals surface area contributed by atoms with Crippen molar-refractivity contribution >= 4 is 27.3 Å². The molecule has 0 aliphatic heterocycles. The van der Waals surface area contributed by atoms with Crippen LogP contribution in [0.4, 0.5) is 5.82 Å². The Morgan fingerprint density at radius 2 is 2.21 bits per heavy atom. The van der Waals surface area contributed by atoms with Crippen LogP contribution < -0.4 is 5.73 Å². The number of imidazole rings is 1. The van der Waals surface area contributed by atoms with E-state index in [1.807, 2.05) is 10.6 Å². The molecule has 0 aliphatic rings. The van der Waals surface area contributed by atoms with Crippen LogP contribution in [0.3, 0.4) is 0 Å². The molecule has 4 nitrogen and oxygen atoms in total. The van der Waals surface area contributed by atoms with Crippen LogP contribution in [0.5, 0.6) is 0 Å². The molecule has 0 saturated carbocycles. The minimum Gasteiger partial charge on any atom is -0.382 e. The third-order valence-corrected chi connectivity index (χ3v) is 2.64. The Kier molecular flexibility index (Phi) is 2.19. The van der Waals surface area contributed by atoms with Gasteiger partial charge in [0.25, 0.3) is 0 Å². The number of hydrogen-bond donors (Lipinski definition) is 1. The van der Waals surface area contributed by atoms with Crippen LogP contribution in [0.1, 0.15) is 25.6 Å². The second-order valence-corrected chi connectivity index (χ2v) is 4.20. The van der Waals surface area contributed by atoms with Gasteiger partial charge in [0.2, 0.25) is 0 Å². The van der Waals surface area contributed by atoms with Crippen LogP contribution in [0.25, 0.3) is 5.52 Å². The van der Waals surface area contributed by atoms with Crippen LogP contribution in [0.15, 0.2) is 17.0 Å². The summed E-state index contributed by atoms with van der Waals surface area (Å²) in [5, 5.41) is 0. The van der Waals surface area contributed by atoms with Crippen molar-refractivity contribution in [3.63, 3.8) is 0 Å². The Bertz CT molecular complexity index is 475. The van der Waals surface area contributed by atoms with E-state index >= 15 is 0 Å². The predicted octanol–water partition coefficient (Wildman–Crippen LogP) is 2.20. The van der Waals surface area contributed by atoms with Gasteiger partial charge >= 0.3 is 0 Å². The van der Waals surface area contributed by atoms with Crippen molar-refractivity contribution in [2.45, 2.75) is 19.8 Å². The van der Waals surface area contributed by atoms with Gasteiger partial charge < -0.3 is 5.73 Å². The molecule has 14 heavy (non-hydrogen) atoms. The van der Waals surface area contributed by atoms with Crippen molar-refractivity contribution < 1.29 is 0 Å². The third-order valence-electron chi connectivity index (χ3n) is 2.08. The predicted molar refractivity (Wildman–Crippen MR) is 59.2 cm³/mol. The van der Waals surface area contributed by atoms with Crippen LogP contribution in [0.2, 0.25) is 0 Å². The van der Waals surface area contributed by atoms with E-state index in [0.717, 1.165) is 15.9 Å². The number of aromatic nitrogens is 3. The van der Waals surface area contributed by atoms with Gasteiger partial charge in [0.1, 0.15) is 15.9 Å². The number of anilines is 1. The normalized spacial score (nSPS) is 11.4. The molecular weight excluding hydrogens is 244 g/mol. The van der Waals surface area contributed by atoms with Crippen LogP contribution in [0, 0.1) is 0 Å². The molecule has 5 heteroatoms. The molecule has 0 amide bonds. The molecule has 2 aromatic rings. The standard InChI is InChI=1S/C9H11BrN4/c1-5(2)9-13-7(10)6-8(11)12-3-4-14(6)9/h3-5H,1-2H3,(H2,11,12). The van der Waals surface area contributed by atoms with Gasteiger partial charge in [-0.1, -0.05) is 13.8 Å². The van der Waals surface area contributed by atoms with Gasteiger partial charge in [-0.3, -0.25) is 4.40 Å². The maximum absolute atomic E-state index is 5.77. The number of hydrogen-bond acceptors (Lipinski definition) is 3. The molecule has 0 aliphatic carbocycles. The van der Waals surface area contributed by atoms with E-state index in [-0.39, 0.29) is 0 Å². The lowest BCUT2D eigenvalue weighted by Crippen LogP contribution is -1.99. The van der Waals surface area contributed by atoms with E-state index in [1.54, 1.807) is 6.20 Å². The lowest BCUT2D eigenvalue weighted by molar-refractivity contribution is 0.768. The molecular formula is C9H11BrN4. The maximum atomic E-state index is 5.77. The third kappa shape index (κ3) is 1.28. The first-order chi connectivity index (χ1) is 6.61. The van der Waals surface area contributed by atoms with Gasteiger partial charge in [0, 0.05) is 18.3 Å². The van der Waals surface area contributed by atoms with Crippen LogP contribution >= 0.6 is 15.9 Å². The Hall–Kier alpha value is -1.10. The van der Waals surface area contributed by atoms with E-state index in [2.05, 4.69) is 39.7 Å². The Balaban J connectivity index is 2.84. The highest BCUT2D eigenvalue weighted by molar-refractivity contribution is 9.10. The lowest BCUT2D eigenvalue weighted by atomic mass is 10.2. The highest BCUT2D eigenvalue weighted by Crippen LogP contribution is 2.25. The fourth-order valence-corrected chi connectivity index (χ4v) is 2.03. The van der Waals surface area contributed by atoms with E-state index in [9.17, 15) is 0 Å². The zero-order chi connectivity index (χ0) is 10.3. The molecule has 0 unspecified atom stereocenters. The summed E-state index contributed by atoms with van der Waals surface area (Å²) in [4.78, 5) is 8.44. The first-order valence-corrected chi connectivity index (χ1v) is 5.18. The molecule has 0 radical (unpaired) electrons. The van der Waals surface area contributed by atoms with Gasteiger partial charge in [0.05, 0.1) is 0 Å². The number of fused-ring (bicyclic) bond motifs is 1. The average Bonchev–Trinajstić information content (AvgIpc) is 2.45. The number of halogens is 1. The minimum atomic E-state index is 0.357. The summed E-state index contributed by atoms with van der Waals surface area (Å²) in [6, 6.07) is 0. The van der Waals surface area contributed by atoms with Crippen LogP contribution in [-0.2, 0) is 0 Å². The fraction of sp³-hybridized carbons (Fsp3) is 0.333. The quantitative estimate of drug-likeness (QED) is 0.849. The van der Waals surface area contributed by atoms with E-state index in [0.29, 0.717) is 11.7 Å². The summed E-state index contributed by atoms with van der Waals surface area (Å²) in [5.74, 6) is 1.84. The van der Waals surface area contributed by atoms with Crippen molar-refractivity contribution in [2.24, 2.45) is 0 Å². The summed E-state index contributed by atoms with van der Waals surface area (Å²) < 4.78 is 2.73. The van der Waals surface area contributed by atoms with Gasteiger partial charge in [0.15, 0.2) is 5.82 Å². The van der Waals surface area contributed by atoms with E-state index < -0.39 is 0 Å². The molecule has 0 atom stereocenters. The summed E-state index contributed by atoms with van der Waals surface area (Å²) in [5.41, 5.74) is 6.61. The number of nitrogens with two attached hydrogens (primary N) is 1. The summed E-state index contributed by atoms with van der Waals surface area (Å²) in [6.07, 6.45) is 3.56. The molecule has 0 spiro atoms. The SMILES string of the molecule is CC(C)c1nc(Br)c2c(N)nccn12. The Morgan fingerprint density at radius 3 is 2.86 bits per heavy atom. The number of nitrogens with zero attached hydrogens (tertiary/aromatic N) is 3. The number of nitrogen functional groups attached to an aromatic ring is 1. The van der Waals surface area contributed by atoms with E-state index in [4.69, 9.17) is 5.73 Å². The molecule has 2 N–H and O–H groups in total. The van der Waals surface area contributed by atoms with Gasteiger partial charge in [-0.25, -0.2) is 9.97 Å². The molecule has 0 bridgehead atoms. The van der Waals surface area contributed by atoms with E-state index in [1.165, 1.54) is 0 Å². The Labute approximate surface area is 90.3 Å². The molecule has 0 aromatic carbocycles. The zero-order valence-electron chi connectivity index (χ0n) is 8.03. The number of rotatable bonds is 1. The molecule has 0 saturated heterocycles. The van der Waals surface area contributed by atoms with Crippen molar-refractivity contribution in [1.82, 2.24) is 14.4 Å². The van der Waals surface area contributed by atoms with Crippen molar-refractivity contribution in [3.8, 4) is 0 Å². The summed E-state index contributed by atoms with van der Waals surface area (Å²) in [7, 11) is 0.